The summed E-state index contributed by atoms with van der Waals surface area (Å²) in [6, 6.07) is 26.2. The van der Waals surface area contributed by atoms with Crippen LogP contribution in [0.2, 0.25) is 5.02 Å². The Kier molecular flexibility index (Phi) is 9.10. The number of hydrogen-bond acceptors (Lipinski definition) is 10. The maximum atomic E-state index is 13.8. The Bertz CT molecular complexity index is 2530. The number of nitrogens with zero attached hydrogens (tertiary/aromatic N) is 6. The lowest BCUT2D eigenvalue weighted by atomic mass is 10.1. The number of methoxy groups -OCH3 is 1. The van der Waals surface area contributed by atoms with E-state index >= 15 is 0 Å². The molecule has 0 radical (unpaired) electrons. The number of aryl methyl sites for hydroxylation is 1. The van der Waals surface area contributed by atoms with Gasteiger partial charge in [0.25, 0.3) is 5.91 Å². The van der Waals surface area contributed by atoms with Crippen LogP contribution in [-0.2, 0) is 22.5 Å². The van der Waals surface area contributed by atoms with E-state index in [9.17, 15) is 4.79 Å². The van der Waals surface area contributed by atoms with E-state index in [0.717, 1.165) is 41.0 Å². The van der Waals surface area contributed by atoms with E-state index in [1.807, 2.05) is 59.2 Å². The lowest BCUT2D eigenvalue weighted by molar-refractivity contribution is -0.0459. The van der Waals surface area contributed by atoms with Gasteiger partial charge >= 0.3 is 0 Å². The molecule has 55 heavy (non-hydrogen) atoms. The van der Waals surface area contributed by atoms with Crippen LogP contribution in [-0.4, -0.2) is 55.5 Å². The van der Waals surface area contributed by atoms with Gasteiger partial charge in [0, 0.05) is 35.9 Å². The van der Waals surface area contributed by atoms with Crippen molar-refractivity contribution in [3.05, 3.63) is 136 Å². The fourth-order valence-electron chi connectivity index (χ4n) is 7.11. The minimum atomic E-state index is -0.629. The number of hydrogen-bond donors (Lipinski definition) is 2. The number of nitrogens with two attached hydrogens (primary N) is 1. The highest BCUT2D eigenvalue weighted by atomic mass is 35.5. The lowest BCUT2D eigenvalue weighted by Crippen LogP contribution is -2.27. The first-order chi connectivity index (χ1) is 26.9. The Balaban J connectivity index is 1.01. The Labute approximate surface area is 320 Å². The highest BCUT2D eigenvalue weighted by Gasteiger charge is 2.29. The van der Waals surface area contributed by atoms with Crippen molar-refractivity contribution in [1.29, 1.82) is 0 Å². The molecular formula is C41H35ClN8O5. The summed E-state index contributed by atoms with van der Waals surface area (Å²) in [6.45, 7) is 1.25. The fourth-order valence-corrected chi connectivity index (χ4v) is 7.34. The van der Waals surface area contributed by atoms with Crippen LogP contribution in [0.5, 0.6) is 11.5 Å². The molecule has 3 N–H and O–H groups in total. The Hall–Kier alpha value is -6.28. The molecule has 3 aromatic carbocycles. The highest BCUT2D eigenvalue weighted by molar-refractivity contribution is 6.35. The number of ether oxygens (including phenoxy) is 4. The smallest absolute Gasteiger partial charge is 0.251 e. The molecule has 2 aliphatic rings. The molecule has 14 heteroatoms. The second kappa shape index (κ2) is 14.5. The molecule has 1 aliphatic carbocycles. The zero-order valence-corrected chi connectivity index (χ0v) is 30.4. The molecule has 0 bridgehead atoms. The summed E-state index contributed by atoms with van der Waals surface area (Å²) in [7, 11) is 1.63. The summed E-state index contributed by atoms with van der Waals surface area (Å²) in [5.74, 6) is 2.58. The number of carbonyl (C=O) groups excluding carboxylic acids is 1. The zero-order chi connectivity index (χ0) is 37.5. The predicted molar refractivity (Wildman–Crippen MR) is 206 cm³/mol. The number of fused-ring (bicyclic) bond motifs is 2. The number of anilines is 1. The van der Waals surface area contributed by atoms with Crippen molar-refractivity contribution >= 4 is 34.5 Å². The number of nitrogens with one attached hydrogen (secondary N) is 1. The molecule has 13 nitrogen and oxygen atoms in total. The van der Waals surface area contributed by atoms with E-state index in [1.54, 1.807) is 54.6 Å². The average molecular weight is 755 g/mol. The van der Waals surface area contributed by atoms with E-state index in [1.165, 1.54) is 0 Å². The second-order valence-corrected chi connectivity index (χ2v) is 13.6. The van der Waals surface area contributed by atoms with Gasteiger partial charge in [-0.05, 0) is 90.2 Å². The third-order valence-corrected chi connectivity index (χ3v) is 10.1. The van der Waals surface area contributed by atoms with Gasteiger partial charge < -0.3 is 30.0 Å². The van der Waals surface area contributed by atoms with Crippen LogP contribution < -0.4 is 20.5 Å². The van der Waals surface area contributed by atoms with E-state index in [2.05, 4.69) is 21.5 Å². The summed E-state index contributed by atoms with van der Waals surface area (Å²) in [5.41, 5.74) is 13.2. The number of rotatable bonds is 10. The Morgan fingerprint density at radius 1 is 0.982 bits per heavy atom. The first kappa shape index (κ1) is 34.5. The standard InChI is InChI=1S/C41H35ClN8O5/c1-52-28-10-5-24(6-11-28)23-55-34-14-8-26(21-31(34)41-53-18-19-54-41)40(51)46-33-13-7-25-20-27(9-12-29(25)33)50-38(30-4-2-15-44-37(30)43)48-36-32(42)22-35(47-39(36)50)49-17-3-16-45-49/h2-6,8-12,14-17,20-22,33,41H,7,13,18-19,23H2,1H3,(H2,43,44)(H,46,51)/t33-/m0/s1. The lowest BCUT2D eigenvalue weighted by Gasteiger charge is -2.19. The number of pyridine rings is 2. The number of halogens is 1. The van der Waals surface area contributed by atoms with Crippen LogP contribution >= 0.6 is 11.6 Å². The maximum Gasteiger partial charge on any atom is 0.251 e. The maximum absolute atomic E-state index is 13.8. The first-order valence-corrected chi connectivity index (χ1v) is 18.2. The molecule has 0 unspecified atom stereocenters. The van der Waals surface area contributed by atoms with Gasteiger partial charge in [-0.2, -0.15) is 5.10 Å². The van der Waals surface area contributed by atoms with Crippen molar-refractivity contribution in [2.24, 2.45) is 0 Å². The van der Waals surface area contributed by atoms with Crippen molar-refractivity contribution in [2.45, 2.75) is 31.8 Å². The molecule has 5 heterocycles. The summed E-state index contributed by atoms with van der Waals surface area (Å²) >= 11 is 6.83. The molecular weight excluding hydrogens is 720 g/mol. The number of nitrogen functional groups attached to an aromatic ring is 1. The van der Waals surface area contributed by atoms with E-state index in [0.29, 0.717) is 75.9 Å². The number of benzene rings is 3. The van der Waals surface area contributed by atoms with Crippen LogP contribution in [0.25, 0.3) is 34.1 Å². The van der Waals surface area contributed by atoms with E-state index in [-0.39, 0.29) is 11.9 Å². The molecule has 0 saturated carbocycles. The minimum absolute atomic E-state index is 0.197. The van der Waals surface area contributed by atoms with Crippen LogP contribution in [0.15, 0.2) is 104 Å². The number of amides is 1. The van der Waals surface area contributed by atoms with Crippen molar-refractivity contribution < 1.29 is 23.7 Å². The van der Waals surface area contributed by atoms with Crippen LogP contribution in [0.4, 0.5) is 5.82 Å². The van der Waals surface area contributed by atoms with E-state index < -0.39 is 6.29 Å². The predicted octanol–water partition coefficient (Wildman–Crippen LogP) is 6.95. The highest BCUT2D eigenvalue weighted by Crippen LogP contribution is 2.38. The molecule has 7 aromatic rings. The molecule has 0 spiro atoms. The number of aromatic nitrogens is 6. The molecule has 276 valence electrons. The third-order valence-electron chi connectivity index (χ3n) is 9.84. The SMILES string of the molecule is COc1ccc(COc2ccc(C(=O)N[C@H]3CCc4cc(-n5c(-c6cccnc6N)nc6c(Cl)cc(-n7cccn7)nc65)ccc43)cc2C2OCCO2)cc1. The van der Waals surface area contributed by atoms with Gasteiger partial charge in [0.1, 0.15) is 29.4 Å². The van der Waals surface area contributed by atoms with Gasteiger partial charge in [-0.1, -0.05) is 29.8 Å². The number of imidazole rings is 1. The summed E-state index contributed by atoms with van der Waals surface area (Å²) in [5, 5.41) is 8.03. The van der Waals surface area contributed by atoms with Crippen molar-refractivity contribution in [2.75, 3.05) is 26.1 Å². The Morgan fingerprint density at radius 2 is 1.84 bits per heavy atom. The van der Waals surface area contributed by atoms with Gasteiger partial charge in [-0.15, -0.1) is 0 Å². The van der Waals surface area contributed by atoms with Crippen molar-refractivity contribution in [3.8, 4) is 34.4 Å². The van der Waals surface area contributed by atoms with Crippen LogP contribution in [0, 0.1) is 0 Å². The normalized spacial score (nSPS) is 15.3. The molecule has 1 amide bonds. The van der Waals surface area contributed by atoms with Gasteiger partial charge in [0.05, 0.1) is 42.5 Å². The van der Waals surface area contributed by atoms with Crippen molar-refractivity contribution in [1.82, 2.24) is 34.6 Å². The molecule has 1 saturated heterocycles. The van der Waals surface area contributed by atoms with Crippen LogP contribution in [0.3, 0.4) is 0 Å². The molecule has 1 aliphatic heterocycles. The minimum Gasteiger partial charge on any atom is -0.497 e. The molecule has 1 fully saturated rings. The topological polar surface area (TPSA) is 153 Å². The summed E-state index contributed by atoms with van der Waals surface area (Å²) in [4.78, 5) is 28.0. The third kappa shape index (κ3) is 6.62. The quantitative estimate of drug-likeness (QED) is 0.150. The van der Waals surface area contributed by atoms with E-state index in [4.69, 9.17) is 46.3 Å². The fraction of sp³-hybridized carbons (Fsp3) is 0.195. The Morgan fingerprint density at radius 3 is 2.62 bits per heavy atom. The molecule has 4 aromatic heterocycles. The van der Waals surface area contributed by atoms with Gasteiger partial charge in [-0.25, -0.2) is 19.6 Å². The zero-order valence-electron chi connectivity index (χ0n) is 29.7. The second-order valence-electron chi connectivity index (χ2n) is 13.2. The van der Waals surface area contributed by atoms with Crippen molar-refractivity contribution in [3.63, 3.8) is 0 Å². The molecule has 9 rings (SSSR count). The van der Waals surface area contributed by atoms with Gasteiger partial charge in [0.15, 0.2) is 23.6 Å². The van der Waals surface area contributed by atoms with Crippen LogP contribution in [0.1, 0.15) is 51.4 Å². The monoisotopic (exact) mass is 754 g/mol. The average Bonchev–Trinajstić information content (AvgIpc) is 4.05. The van der Waals surface area contributed by atoms with Gasteiger partial charge in [-0.3, -0.25) is 9.36 Å². The summed E-state index contributed by atoms with van der Waals surface area (Å²) in [6.07, 6.45) is 5.98. The first-order valence-electron chi connectivity index (χ1n) is 17.8. The number of carbonyl (C=O) groups is 1. The summed E-state index contributed by atoms with van der Waals surface area (Å²) < 4.78 is 26.7. The largest absolute Gasteiger partial charge is 0.497 e. The van der Waals surface area contributed by atoms with Gasteiger partial charge in [0.2, 0.25) is 0 Å². The molecule has 1 atom stereocenters.